The summed E-state index contributed by atoms with van der Waals surface area (Å²) in [6, 6.07) is 1.69. The van der Waals surface area contributed by atoms with Crippen molar-refractivity contribution in [3.05, 3.63) is 46.0 Å². The van der Waals surface area contributed by atoms with Crippen molar-refractivity contribution in [1.82, 2.24) is 19.9 Å². The standard InChI is InChI=1S/C11H10N4O3S/c1-6-8(10(16)17)9(15-11(18)14-6)19-5-7-12-3-2-4-13-7/h2-4H,5H2,1H3,(H,16,17)(H,14,15,18). The van der Waals surface area contributed by atoms with Crippen LogP contribution >= 0.6 is 11.8 Å². The van der Waals surface area contributed by atoms with E-state index in [0.29, 0.717) is 11.6 Å². The molecule has 0 spiro atoms. The number of aromatic nitrogens is 4. The van der Waals surface area contributed by atoms with Crippen LogP contribution in [0.2, 0.25) is 0 Å². The van der Waals surface area contributed by atoms with E-state index in [-0.39, 0.29) is 16.3 Å². The van der Waals surface area contributed by atoms with Gasteiger partial charge in [0.2, 0.25) is 0 Å². The van der Waals surface area contributed by atoms with Gasteiger partial charge in [0, 0.05) is 18.1 Å². The first-order valence-corrected chi connectivity index (χ1v) is 6.29. The number of carbonyl (C=O) groups is 1. The van der Waals surface area contributed by atoms with E-state index in [9.17, 15) is 9.59 Å². The molecule has 0 aliphatic heterocycles. The predicted molar refractivity (Wildman–Crippen MR) is 68.1 cm³/mol. The first-order valence-electron chi connectivity index (χ1n) is 5.31. The minimum absolute atomic E-state index is 0.000492. The molecule has 0 fully saturated rings. The molecule has 8 heteroatoms. The van der Waals surface area contributed by atoms with E-state index in [1.54, 1.807) is 18.5 Å². The summed E-state index contributed by atoms with van der Waals surface area (Å²) in [6.07, 6.45) is 3.19. The highest BCUT2D eigenvalue weighted by molar-refractivity contribution is 7.98. The third kappa shape index (κ3) is 3.16. The second-order valence-corrected chi connectivity index (χ2v) is 4.57. The van der Waals surface area contributed by atoms with Crippen molar-refractivity contribution < 1.29 is 9.90 Å². The van der Waals surface area contributed by atoms with Crippen molar-refractivity contribution in [2.24, 2.45) is 0 Å². The lowest BCUT2D eigenvalue weighted by molar-refractivity contribution is 0.0690. The molecule has 0 aromatic carbocycles. The fourth-order valence-electron chi connectivity index (χ4n) is 1.45. The number of hydrogen-bond acceptors (Lipinski definition) is 6. The molecule has 2 N–H and O–H groups in total. The molecule has 2 aromatic heterocycles. The second kappa shape index (κ2) is 5.61. The lowest BCUT2D eigenvalue weighted by Crippen LogP contribution is -2.18. The first-order chi connectivity index (χ1) is 9.08. The molecule has 0 aliphatic carbocycles. The van der Waals surface area contributed by atoms with Gasteiger partial charge in [-0.15, -0.1) is 0 Å². The molecule has 19 heavy (non-hydrogen) atoms. The summed E-state index contributed by atoms with van der Waals surface area (Å²) in [5, 5.41) is 9.30. The van der Waals surface area contributed by atoms with Crippen LogP contribution in [-0.2, 0) is 5.75 Å². The van der Waals surface area contributed by atoms with Gasteiger partial charge in [0.25, 0.3) is 0 Å². The van der Waals surface area contributed by atoms with Crippen molar-refractivity contribution in [1.29, 1.82) is 0 Å². The molecular formula is C11H10N4O3S. The van der Waals surface area contributed by atoms with Gasteiger partial charge in [-0.1, -0.05) is 11.8 Å². The van der Waals surface area contributed by atoms with Crippen molar-refractivity contribution in [3.63, 3.8) is 0 Å². The summed E-state index contributed by atoms with van der Waals surface area (Å²) in [5.41, 5.74) is -0.288. The molecule has 0 saturated carbocycles. The van der Waals surface area contributed by atoms with Crippen LogP contribution in [0.5, 0.6) is 0 Å². The van der Waals surface area contributed by atoms with Gasteiger partial charge < -0.3 is 10.1 Å². The molecule has 0 atom stereocenters. The number of aromatic amines is 1. The Morgan fingerprint density at radius 3 is 2.74 bits per heavy atom. The highest BCUT2D eigenvalue weighted by Gasteiger charge is 2.17. The smallest absolute Gasteiger partial charge is 0.346 e. The molecule has 2 aromatic rings. The fourth-order valence-corrected chi connectivity index (χ4v) is 2.40. The number of carboxylic acid groups (broad SMARTS) is 1. The summed E-state index contributed by atoms with van der Waals surface area (Å²) in [4.78, 5) is 36.5. The summed E-state index contributed by atoms with van der Waals surface area (Å²) < 4.78 is 0. The Balaban J connectivity index is 2.29. The van der Waals surface area contributed by atoms with E-state index in [4.69, 9.17) is 5.11 Å². The molecule has 0 amide bonds. The van der Waals surface area contributed by atoms with Crippen LogP contribution in [0.3, 0.4) is 0 Å². The third-order valence-corrected chi connectivity index (χ3v) is 3.23. The van der Waals surface area contributed by atoms with E-state index in [1.165, 1.54) is 6.92 Å². The summed E-state index contributed by atoms with van der Waals surface area (Å²) in [5.74, 6) is -0.238. The van der Waals surface area contributed by atoms with E-state index in [2.05, 4.69) is 19.9 Å². The number of rotatable bonds is 4. The zero-order chi connectivity index (χ0) is 13.8. The van der Waals surface area contributed by atoms with Crippen LogP contribution < -0.4 is 5.69 Å². The number of H-pyrrole nitrogens is 1. The Morgan fingerprint density at radius 1 is 1.42 bits per heavy atom. The molecule has 0 radical (unpaired) electrons. The highest BCUT2D eigenvalue weighted by Crippen LogP contribution is 2.23. The Morgan fingerprint density at radius 2 is 2.11 bits per heavy atom. The largest absolute Gasteiger partial charge is 0.478 e. The predicted octanol–water partition coefficient (Wildman–Crippen LogP) is 0.859. The molecule has 0 saturated heterocycles. The summed E-state index contributed by atoms with van der Waals surface area (Å²) in [7, 11) is 0. The molecule has 98 valence electrons. The van der Waals surface area contributed by atoms with Gasteiger partial charge in [0.05, 0.1) is 5.75 Å². The number of hydrogen-bond donors (Lipinski definition) is 2. The molecule has 2 heterocycles. The maximum absolute atomic E-state index is 11.3. The number of thioether (sulfide) groups is 1. The van der Waals surface area contributed by atoms with E-state index in [1.807, 2.05) is 0 Å². The zero-order valence-electron chi connectivity index (χ0n) is 9.95. The normalized spacial score (nSPS) is 10.4. The van der Waals surface area contributed by atoms with Gasteiger partial charge in [0.1, 0.15) is 16.4 Å². The maximum atomic E-state index is 11.3. The van der Waals surface area contributed by atoms with E-state index < -0.39 is 11.7 Å². The van der Waals surface area contributed by atoms with Gasteiger partial charge in [-0.2, -0.15) is 4.98 Å². The van der Waals surface area contributed by atoms with Crippen molar-refractivity contribution in [3.8, 4) is 0 Å². The molecule has 0 unspecified atom stereocenters. The maximum Gasteiger partial charge on any atom is 0.346 e. The van der Waals surface area contributed by atoms with Crippen LogP contribution in [-0.4, -0.2) is 31.0 Å². The minimum atomic E-state index is -1.13. The van der Waals surface area contributed by atoms with Crippen LogP contribution in [0.1, 0.15) is 21.9 Å². The zero-order valence-corrected chi connectivity index (χ0v) is 10.8. The Hall–Kier alpha value is -2.22. The Labute approximate surface area is 112 Å². The van der Waals surface area contributed by atoms with Crippen LogP contribution in [0, 0.1) is 6.92 Å². The lowest BCUT2D eigenvalue weighted by Gasteiger charge is -2.06. The highest BCUT2D eigenvalue weighted by atomic mass is 32.2. The average molecular weight is 278 g/mol. The van der Waals surface area contributed by atoms with Gasteiger partial charge >= 0.3 is 11.7 Å². The minimum Gasteiger partial charge on any atom is -0.478 e. The molecule has 0 aliphatic rings. The number of aryl methyl sites for hydroxylation is 1. The van der Waals surface area contributed by atoms with Crippen molar-refractivity contribution in [2.45, 2.75) is 17.7 Å². The fraction of sp³-hybridized carbons (Fsp3) is 0.182. The quantitative estimate of drug-likeness (QED) is 0.630. The molecule has 2 rings (SSSR count). The number of aromatic carboxylic acids is 1. The third-order valence-electron chi connectivity index (χ3n) is 2.26. The van der Waals surface area contributed by atoms with E-state index >= 15 is 0 Å². The number of nitrogens with zero attached hydrogens (tertiary/aromatic N) is 3. The Kier molecular flexibility index (Phi) is 3.91. The van der Waals surface area contributed by atoms with Crippen LogP contribution in [0.15, 0.2) is 28.3 Å². The number of carboxylic acids is 1. The van der Waals surface area contributed by atoms with Crippen LogP contribution in [0.25, 0.3) is 0 Å². The SMILES string of the molecule is Cc1[nH]c(=O)nc(SCc2ncccn2)c1C(=O)O. The van der Waals surface area contributed by atoms with E-state index in [0.717, 1.165) is 11.8 Å². The average Bonchev–Trinajstić information content (AvgIpc) is 2.36. The van der Waals surface area contributed by atoms with Gasteiger partial charge in [-0.3, -0.25) is 0 Å². The molecular weight excluding hydrogens is 268 g/mol. The van der Waals surface area contributed by atoms with Gasteiger partial charge in [-0.25, -0.2) is 19.6 Å². The van der Waals surface area contributed by atoms with Crippen molar-refractivity contribution >= 4 is 17.7 Å². The Bertz CT molecular complexity index is 657. The van der Waals surface area contributed by atoms with Crippen LogP contribution in [0.4, 0.5) is 0 Å². The topological polar surface area (TPSA) is 109 Å². The monoisotopic (exact) mass is 278 g/mol. The summed E-state index contributed by atoms with van der Waals surface area (Å²) >= 11 is 1.12. The first kappa shape index (κ1) is 13.2. The van der Waals surface area contributed by atoms with Crippen molar-refractivity contribution in [2.75, 3.05) is 0 Å². The second-order valence-electron chi connectivity index (χ2n) is 3.61. The summed E-state index contributed by atoms with van der Waals surface area (Å²) in [6.45, 7) is 1.52. The van der Waals surface area contributed by atoms with Gasteiger partial charge in [0.15, 0.2) is 0 Å². The number of nitrogens with one attached hydrogen (secondary N) is 1. The molecule has 0 bridgehead atoms. The van der Waals surface area contributed by atoms with Gasteiger partial charge in [-0.05, 0) is 13.0 Å². The molecule has 7 nitrogen and oxygen atoms in total. The lowest BCUT2D eigenvalue weighted by atomic mass is 10.2.